The topological polar surface area (TPSA) is 43.9 Å². The van der Waals surface area contributed by atoms with Crippen LogP contribution in [0.1, 0.15) is 37.7 Å². The van der Waals surface area contributed by atoms with Crippen LogP contribution in [0, 0.1) is 5.82 Å². The van der Waals surface area contributed by atoms with Gasteiger partial charge in [-0.3, -0.25) is 4.57 Å². The van der Waals surface area contributed by atoms with Gasteiger partial charge in [0.05, 0.1) is 12.8 Å². The molecule has 0 atom stereocenters. The quantitative estimate of drug-likeness (QED) is 0.342. The van der Waals surface area contributed by atoms with E-state index in [1.807, 2.05) is 12.1 Å². The van der Waals surface area contributed by atoms with Crippen LogP contribution in [-0.4, -0.2) is 14.8 Å². The first-order chi connectivity index (χ1) is 14.4. The van der Waals surface area contributed by atoms with Crippen molar-refractivity contribution in [2.24, 2.45) is 0 Å². The average Bonchev–Trinajstić information content (AvgIpc) is 3.38. The molecule has 0 unspecified atom stereocenters. The third-order valence-electron chi connectivity index (χ3n) is 4.90. The molecule has 4 rings (SSSR count). The van der Waals surface area contributed by atoms with E-state index in [0.29, 0.717) is 12.3 Å². The molecule has 0 bridgehead atoms. The van der Waals surface area contributed by atoms with Crippen molar-refractivity contribution >= 4 is 11.8 Å². The lowest BCUT2D eigenvalue weighted by Crippen LogP contribution is -2.10. The summed E-state index contributed by atoms with van der Waals surface area (Å²) in [6, 6.07) is 18.8. The van der Waals surface area contributed by atoms with E-state index in [2.05, 4.69) is 59.8 Å². The van der Waals surface area contributed by atoms with E-state index in [9.17, 15) is 4.39 Å². The maximum atomic E-state index is 13.2. The number of halogens is 1. The van der Waals surface area contributed by atoms with Crippen molar-refractivity contribution in [2.75, 3.05) is 0 Å². The molecule has 0 spiro atoms. The SMILES string of the molecule is CC(C)(C)c1ccc(-c2nnc(SCc3ccc(F)cc3)n2Cc2ccco2)cc1. The second kappa shape index (κ2) is 8.48. The highest BCUT2D eigenvalue weighted by Crippen LogP contribution is 2.29. The van der Waals surface area contributed by atoms with Gasteiger partial charge in [0, 0.05) is 11.3 Å². The molecule has 0 saturated carbocycles. The first-order valence-electron chi connectivity index (χ1n) is 9.84. The smallest absolute Gasteiger partial charge is 0.192 e. The number of nitrogens with zero attached hydrogens (tertiary/aromatic N) is 3. The van der Waals surface area contributed by atoms with Crippen molar-refractivity contribution in [3.05, 3.63) is 89.6 Å². The van der Waals surface area contributed by atoms with Crippen LogP contribution in [0.25, 0.3) is 11.4 Å². The summed E-state index contributed by atoms with van der Waals surface area (Å²) in [4.78, 5) is 0. The lowest BCUT2D eigenvalue weighted by molar-refractivity contribution is 0.485. The highest BCUT2D eigenvalue weighted by atomic mass is 32.2. The minimum absolute atomic E-state index is 0.0938. The number of hydrogen-bond acceptors (Lipinski definition) is 4. The molecule has 2 aromatic heterocycles. The molecule has 6 heteroatoms. The molecule has 0 fully saturated rings. The van der Waals surface area contributed by atoms with Crippen LogP contribution < -0.4 is 0 Å². The van der Waals surface area contributed by atoms with Crippen LogP contribution in [0.2, 0.25) is 0 Å². The summed E-state index contributed by atoms with van der Waals surface area (Å²) in [5, 5.41) is 9.71. The lowest BCUT2D eigenvalue weighted by Gasteiger charge is -2.19. The van der Waals surface area contributed by atoms with E-state index in [4.69, 9.17) is 4.42 Å². The van der Waals surface area contributed by atoms with Crippen molar-refractivity contribution in [1.29, 1.82) is 0 Å². The molecular formula is C24H24FN3OS. The van der Waals surface area contributed by atoms with Crippen LogP contribution in [0.5, 0.6) is 0 Å². The van der Waals surface area contributed by atoms with Gasteiger partial charge < -0.3 is 4.42 Å². The highest BCUT2D eigenvalue weighted by Gasteiger charge is 2.18. The Morgan fingerprint density at radius 3 is 2.33 bits per heavy atom. The fraction of sp³-hybridized carbons (Fsp3) is 0.250. The Kier molecular flexibility index (Phi) is 5.77. The van der Waals surface area contributed by atoms with Gasteiger partial charge in [-0.1, -0.05) is 68.9 Å². The predicted molar refractivity (Wildman–Crippen MR) is 118 cm³/mol. The van der Waals surface area contributed by atoms with Crippen molar-refractivity contribution < 1.29 is 8.81 Å². The molecule has 2 aromatic carbocycles. The van der Waals surface area contributed by atoms with Gasteiger partial charge in [0.25, 0.3) is 0 Å². The molecule has 4 aromatic rings. The monoisotopic (exact) mass is 421 g/mol. The Hall–Kier alpha value is -2.86. The van der Waals surface area contributed by atoms with Gasteiger partial charge in [-0.2, -0.15) is 0 Å². The van der Waals surface area contributed by atoms with Crippen LogP contribution in [0.15, 0.2) is 76.5 Å². The minimum atomic E-state index is -0.231. The van der Waals surface area contributed by atoms with E-state index in [1.165, 1.54) is 17.7 Å². The zero-order chi connectivity index (χ0) is 21.1. The molecule has 2 heterocycles. The standard InChI is InChI=1S/C24H24FN3OS/c1-24(2,3)19-10-8-18(9-11-19)22-26-27-23(28(22)15-21-5-4-14-29-21)30-16-17-6-12-20(25)13-7-17/h4-14H,15-16H2,1-3H3. The van der Waals surface area contributed by atoms with Gasteiger partial charge in [-0.25, -0.2) is 4.39 Å². The first-order valence-corrected chi connectivity index (χ1v) is 10.8. The van der Waals surface area contributed by atoms with Crippen LogP contribution >= 0.6 is 11.8 Å². The van der Waals surface area contributed by atoms with Crippen molar-refractivity contribution in [1.82, 2.24) is 14.8 Å². The summed E-state index contributed by atoms with van der Waals surface area (Å²) < 4.78 is 20.8. The number of hydrogen-bond donors (Lipinski definition) is 0. The largest absolute Gasteiger partial charge is 0.467 e. The fourth-order valence-electron chi connectivity index (χ4n) is 3.16. The first kappa shape index (κ1) is 20.4. The van der Waals surface area contributed by atoms with Gasteiger partial charge in [0.15, 0.2) is 11.0 Å². The third-order valence-corrected chi connectivity index (χ3v) is 5.94. The molecule has 0 amide bonds. The van der Waals surface area contributed by atoms with E-state index in [0.717, 1.165) is 27.9 Å². The summed E-state index contributed by atoms with van der Waals surface area (Å²) >= 11 is 1.58. The van der Waals surface area contributed by atoms with Crippen LogP contribution in [0.4, 0.5) is 4.39 Å². The maximum absolute atomic E-state index is 13.2. The Balaban J connectivity index is 1.63. The Labute approximate surface area is 180 Å². The molecule has 0 radical (unpaired) electrons. The minimum Gasteiger partial charge on any atom is -0.467 e. The van der Waals surface area contributed by atoms with Crippen molar-refractivity contribution in [3.8, 4) is 11.4 Å². The zero-order valence-electron chi connectivity index (χ0n) is 17.3. The van der Waals surface area contributed by atoms with Gasteiger partial charge in [0.1, 0.15) is 11.6 Å². The molecule has 0 aliphatic carbocycles. The molecule has 4 nitrogen and oxygen atoms in total. The summed E-state index contributed by atoms with van der Waals surface area (Å²) in [5.41, 5.74) is 3.41. The maximum Gasteiger partial charge on any atom is 0.192 e. The Morgan fingerprint density at radius 2 is 1.70 bits per heavy atom. The van der Waals surface area contributed by atoms with Crippen molar-refractivity contribution in [2.45, 2.75) is 43.6 Å². The second-order valence-corrected chi connectivity index (χ2v) is 9.16. The van der Waals surface area contributed by atoms with Gasteiger partial charge in [0.2, 0.25) is 0 Å². The normalized spacial score (nSPS) is 11.7. The number of furan rings is 1. The fourth-order valence-corrected chi connectivity index (χ4v) is 4.05. The van der Waals surface area contributed by atoms with Crippen molar-refractivity contribution in [3.63, 3.8) is 0 Å². The van der Waals surface area contributed by atoms with E-state index >= 15 is 0 Å². The number of benzene rings is 2. The zero-order valence-corrected chi connectivity index (χ0v) is 18.1. The van der Waals surface area contributed by atoms with E-state index in [-0.39, 0.29) is 11.2 Å². The molecular weight excluding hydrogens is 397 g/mol. The van der Waals surface area contributed by atoms with Crippen LogP contribution in [-0.2, 0) is 17.7 Å². The van der Waals surface area contributed by atoms with E-state index in [1.54, 1.807) is 30.2 Å². The van der Waals surface area contributed by atoms with Gasteiger partial charge >= 0.3 is 0 Å². The molecule has 30 heavy (non-hydrogen) atoms. The summed E-state index contributed by atoms with van der Waals surface area (Å²) in [5.74, 6) is 2.09. The van der Waals surface area contributed by atoms with Crippen LogP contribution in [0.3, 0.4) is 0 Å². The number of rotatable bonds is 6. The molecule has 0 saturated heterocycles. The molecule has 0 N–H and O–H groups in total. The van der Waals surface area contributed by atoms with Gasteiger partial charge in [-0.15, -0.1) is 10.2 Å². The van der Waals surface area contributed by atoms with Gasteiger partial charge in [-0.05, 0) is 40.8 Å². The lowest BCUT2D eigenvalue weighted by atomic mass is 9.87. The summed E-state index contributed by atoms with van der Waals surface area (Å²) in [6.45, 7) is 7.14. The van der Waals surface area contributed by atoms with E-state index < -0.39 is 0 Å². The second-order valence-electron chi connectivity index (χ2n) is 8.21. The molecule has 154 valence electrons. The Morgan fingerprint density at radius 1 is 0.967 bits per heavy atom. The number of aromatic nitrogens is 3. The summed E-state index contributed by atoms with van der Waals surface area (Å²) in [7, 11) is 0. The molecule has 0 aliphatic rings. The molecule has 0 aliphatic heterocycles. The predicted octanol–water partition coefficient (Wildman–Crippen LogP) is 6.32. The number of thioether (sulfide) groups is 1. The Bertz CT molecular complexity index is 1100. The average molecular weight is 422 g/mol. The summed E-state index contributed by atoms with van der Waals surface area (Å²) in [6.07, 6.45) is 1.67. The highest BCUT2D eigenvalue weighted by molar-refractivity contribution is 7.98. The third kappa shape index (κ3) is 4.65.